The maximum absolute atomic E-state index is 12.9. The molecule has 1 fully saturated rings. The summed E-state index contributed by atoms with van der Waals surface area (Å²) in [6.45, 7) is 4.88. The Hall–Kier alpha value is -2.89. The van der Waals surface area contributed by atoms with E-state index in [0.717, 1.165) is 18.4 Å². The number of rotatable bonds is 6. The summed E-state index contributed by atoms with van der Waals surface area (Å²) in [5.41, 5.74) is 2.68. The number of fused-ring (bicyclic) bond motifs is 1. The van der Waals surface area contributed by atoms with Gasteiger partial charge in [0.15, 0.2) is 5.65 Å². The van der Waals surface area contributed by atoms with Crippen LogP contribution in [0, 0.1) is 0 Å². The monoisotopic (exact) mass is 364 g/mol. The summed E-state index contributed by atoms with van der Waals surface area (Å²) in [5, 5.41) is 4.27. The minimum Gasteiger partial charge on any atom is -0.334 e. The molecule has 1 aliphatic rings. The zero-order valence-electron chi connectivity index (χ0n) is 15.7. The average molecular weight is 364 g/mol. The molecule has 2 heterocycles. The Morgan fingerprint density at radius 2 is 1.93 bits per heavy atom. The number of nitrogens with zero attached hydrogens (tertiary/aromatic N) is 4. The van der Waals surface area contributed by atoms with Crippen molar-refractivity contribution in [2.45, 2.75) is 51.7 Å². The second-order valence-electron chi connectivity index (χ2n) is 7.52. The molecule has 2 aromatic heterocycles. The van der Waals surface area contributed by atoms with E-state index in [1.165, 1.54) is 14.6 Å². The van der Waals surface area contributed by atoms with E-state index in [0.29, 0.717) is 18.1 Å². The van der Waals surface area contributed by atoms with E-state index in [1.54, 1.807) is 18.3 Å². The van der Waals surface area contributed by atoms with Crippen LogP contribution in [-0.2, 0) is 17.9 Å². The van der Waals surface area contributed by atoms with Crippen LogP contribution in [0.3, 0.4) is 0 Å². The highest BCUT2D eigenvalue weighted by Crippen LogP contribution is 2.29. The Labute approximate surface area is 158 Å². The first kappa shape index (κ1) is 17.5. The first-order valence-electron chi connectivity index (χ1n) is 9.45. The minimum atomic E-state index is -0.281. The number of amides is 1. The standard InChI is InChI=1S/C21H24N4O2/c1-15(2)17-8-6-16(7-9-17)13-24(18-10-11-18)20(26)14-25-21(27)23-12-4-3-5-19(23)22-25/h3-9,12,15,18H,10-11,13-14H2,1-2H3. The quantitative estimate of drug-likeness (QED) is 0.676. The van der Waals surface area contributed by atoms with E-state index in [4.69, 9.17) is 0 Å². The molecule has 0 spiro atoms. The molecule has 0 radical (unpaired) electrons. The molecule has 6 heteroatoms. The molecule has 0 atom stereocenters. The summed E-state index contributed by atoms with van der Waals surface area (Å²) in [4.78, 5) is 27.2. The van der Waals surface area contributed by atoms with E-state index < -0.39 is 0 Å². The molecule has 6 nitrogen and oxygen atoms in total. The Morgan fingerprint density at radius 3 is 2.56 bits per heavy atom. The molecule has 1 aliphatic carbocycles. The lowest BCUT2D eigenvalue weighted by Gasteiger charge is -2.22. The summed E-state index contributed by atoms with van der Waals surface area (Å²) < 4.78 is 2.72. The van der Waals surface area contributed by atoms with Gasteiger partial charge in [-0.1, -0.05) is 44.2 Å². The van der Waals surface area contributed by atoms with Gasteiger partial charge in [-0.15, -0.1) is 5.10 Å². The summed E-state index contributed by atoms with van der Waals surface area (Å²) in [6.07, 6.45) is 3.71. The number of hydrogen-bond donors (Lipinski definition) is 0. The summed E-state index contributed by atoms with van der Waals surface area (Å²) in [5.74, 6) is 0.429. The second kappa shape index (κ2) is 7.02. The van der Waals surface area contributed by atoms with Gasteiger partial charge in [-0.3, -0.25) is 9.20 Å². The van der Waals surface area contributed by atoms with Crippen molar-refractivity contribution >= 4 is 11.6 Å². The van der Waals surface area contributed by atoms with Gasteiger partial charge in [0.25, 0.3) is 0 Å². The summed E-state index contributed by atoms with van der Waals surface area (Å²) >= 11 is 0. The summed E-state index contributed by atoms with van der Waals surface area (Å²) in [7, 11) is 0. The number of carbonyl (C=O) groups is 1. The second-order valence-corrected chi connectivity index (χ2v) is 7.52. The topological polar surface area (TPSA) is 59.6 Å². The van der Waals surface area contributed by atoms with Crippen LogP contribution >= 0.6 is 0 Å². The third-order valence-electron chi connectivity index (χ3n) is 5.08. The van der Waals surface area contributed by atoms with E-state index in [2.05, 4.69) is 43.2 Å². The number of pyridine rings is 1. The molecule has 0 saturated heterocycles. The van der Waals surface area contributed by atoms with E-state index >= 15 is 0 Å². The number of benzene rings is 1. The van der Waals surface area contributed by atoms with Gasteiger partial charge in [0.2, 0.25) is 5.91 Å². The normalized spacial score (nSPS) is 14.0. The van der Waals surface area contributed by atoms with Gasteiger partial charge in [-0.2, -0.15) is 0 Å². The molecule has 1 amide bonds. The average Bonchev–Trinajstić information content (AvgIpc) is 3.46. The smallest absolute Gasteiger partial charge is 0.334 e. The van der Waals surface area contributed by atoms with Crippen molar-refractivity contribution < 1.29 is 4.79 Å². The molecular formula is C21H24N4O2. The SMILES string of the molecule is CC(C)c1ccc(CN(C(=O)Cn2nc3ccccn3c2=O)C2CC2)cc1. The molecule has 140 valence electrons. The van der Waals surface area contributed by atoms with Crippen LogP contribution < -0.4 is 5.69 Å². The molecule has 27 heavy (non-hydrogen) atoms. The van der Waals surface area contributed by atoms with Crippen molar-refractivity contribution in [1.29, 1.82) is 0 Å². The van der Waals surface area contributed by atoms with Gasteiger partial charge >= 0.3 is 5.69 Å². The highest BCUT2D eigenvalue weighted by atomic mass is 16.2. The van der Waals surface area contributed by atoms with Crippen LogP contribution in [0.1, 0.15) is 43.7 Å². The lowest BCUT2D eigenvalue weighted by atomic mass is 10.0. The molecule has 0 aliphatic heterocycles. The van der Waals surface area contributed by atoms with Crippen LogP contribution in [0.2, 0.25) is 0 Å². The van der Waals surface area contributed by atoms with Crippen LogP contribution in [0.25, 0.3) is 5.65 Å². The predicted molar refractivity (Wildman–Crippen MR) is 104 cm³/mol. The minimum absolute atomic E-state index is 0.0267. The molecule has 0 N–H and O–H groups in total. The Bertz CT molecular complexity index is 1010. The van der Waals surface area contributed by atoms with Crippen LogP contribution in [0.15, 0.2) is 53.5 Å². The third-order valence-corrected chi connectivity index (χ3v) is 5.08. The van der Waals surface area contributed by atoms with Gasteiger partial charge in [0.05, 0.1) is 0 Å². The fraction of sp³-hybridized carbons (Fsp3) is 0.381. The van der Waals surface area contributed by atoms with E-state index in [1.807, 2.05) is 11.0 Å². The van der Waals surface area contributed by atoms with Gasteiger partial charge in [0.1, 0.15) is 6.54 Å². The Balaban J connectivity index is 1.52. The fourth-order valence-corrected chi connectivity index (χ4v) is 3.30. The number of aromatic nitrogens is 3. The van der Waals surface area contributed by atoms with Crippen molar-refractivity contribution in [2.75, 3.05) is 0 Å². The molecule has 1 saturated carbocycles. The number of carbonyl (C=O) groups excluding carboxylic acids is 1. The van der Waals surface area contributed by atoms with Crippen LogP contribution in [0.5, 0.6) is 0 Å². The highest BCUT2D eigenvalue weighted by molar-refractivity contribution is 5.76. The maximum atomic E-state index is 12.9. The van der Waals surface area contributed by atoms with Crippen molar-refractivity contribution in [1.82, 2.24) is 19.1 Å². The van der Waals surface area contributed by atoms with E-state index in [9.17, 15) is 9.59 Å². The fourth-order valence-electron chi connectivity index (χ4n) is 3.30. The Morgan fingerprint density at radius 1 is 1.19 bits per heavy atom. The first-order valence-corrected chi connectivity index (χ1v) is 9.45. The zero-order chi connectivity index (χ0) is 19.0. The largest absolute Gasteiger partial charge is 0.350 e. The molecule has 3 aromatic rings. The molecule has 0 unspecified atom stereocenters. The van der Waals surface area contributed by atoms with Gasteiger partial charge in [-0.05, 0) is 42.0 Å². The van der Waals surface area contributed by atoms with Crippen molar-refractivity contribution in [3.8, 4) is 0 Å². The first-order chi connectivity index (χ1) is 13.0. The van der Waals surface area contributed by atoms with Crippen molar-refractivity contribution in [2.24, 2.45) is 0 Å². The lowest BCUT2D eigenvalue weighted by Crippen LogP contribution is -2.37. The predicted octanol–water partition coefficient (Wildman–Crippen LogP) is 2.81. The van der Waals surface area contributed by atoms with Crippen LogP contribution in [0.4, 0.5) is 0 Å². The lowest BCUT2D eigenvalue weighted by molar-refractivity contribution is -0.133. The number of hydrogen-bond acceptors (Lipinski definition) is 3. The zero-order valence-corrected chi connectivity index (χ0v) is 15.7. The maximum Gasteiger partial charge on any atom is 0.350 e. The van der Waals surface area contributed by atoms with Crippen LogP contribution in [-0.4, -0.2) is 31.0 Å². The van der Waals surface area contributed by atoms with Gasteiger partial charge in [-0.25, -0.2) is 9.48 Å². The highest BCUT2D eigenvalue weighted by Gasteiger charge is 2.33. The Kier molecular flexibility index (Phi) is 4.56. The third kappa shape index (κ3) is 3.65. The molecule has 4 rings (SSSR count). The van der Waals surface area contributed by atoms with Gasteiger partial charge < -0.3 is 4.90 Å². The van der Waals surface area contributed by atoms with E-state index in [-0.39, 0.29) is 24.2 Å². The van der Waals surface area contributed by atoms with Crippen molar-refractivity contribution in [3.63, 3.8) is 0 Å². The summed E-state index contributed by atoms with van der Waals surface area (Å²) in [6, 6.07) is 14.1. The molecule has 0 bridgehead atoms. The van der Waals surface area contributed by atoms with Gasteiger partial charge in [0, 0.05) is 18.8 Å². The molecular weight excluding hydrogens is 340 g/mol. The van der Waals surface area contributed by atoms with Crippen molar-refractivity contribution in [3.05, 3.63) is 70.3 Å². The molecule has 1 aromatic carbocycles.